The van der Waals surface area contributed by atoms with Crippen LogP contribution >= 0.6 is 0 Å². The van der Waals surface area contributed by atoms with Crippen molar-refractivity contribution < 1.29 is 9.94 Å². The van der Waals surface area contributed by atoms with Gasteiger partial charge in [-0.15, -0.1) is 0 Å². The fraction of sp³-hybridized carbons (Fsp3) is 0.533. The first-order chi connectivity index (χ1) is 9.72. The van der Waals surface area contributed by atoms with Crippen molar-refractivity contribution in [3.05, 3.63) is 35.9 Å². The molecule has 0 aliphatic carbocycles. The van der Waals surface area contributed by atoms with E-state index in [4.69, 9.17) is 15.7 Å². The Kier molecular flexibility index (Phi) is 7.69. The number of nitrogens with two attached hydrogens (primary N) is 1. The van der Waals surface area contributed by atoms with Crippen LogP contribution in [-0.2, 0) is 4.74 Å². The first kappa shape index (κ1) is 16.5. The van der Waals surface area contributed by atoms with Crippen LogP contribution < -0.4 is 11.1 Å². The molecule has 0 heterocycles. The summed E-state index contributed by atoms with van der Waals surface area (Å²) in [6.07, 6.45) is 2.12. The highest BCUT2D eigenvalue weighted by molar-refractivity contribution is 5.87. The Morgan fingerprint density at radius 2 is 2.10 bits per heavy atom. The maximum Gasteiger partial charge on any atom is 0.147 e. The van der Waals surface area contributed by atoms with Crippen LogP contribution in [0.15, 0.2) is 35.5 Å². The van der Waals surface area contributed by atoms with Gasteiger partial charge in [0.25, 0.3) is 0 Å². The molecule has 0 spiro atoms. The Bertz CT molecular complexity index is 389. The molecule has 0 aliphatic rings. The molecule has 1 rings (SSSR count). The number of oxime groups is 1. The van der Waals surface area contributed by atoms with Crippen molar-refractivity contribution in [2.75, 3.05) is 20.3 Å². The predicted molar refractivity (Wildman–Crippen MR) is 81.2 cm³/mol. The van der Waals surface area contributed by atoms with E-state index in [1.807, 2.05) is 30.3 Å². The summed E-state index contributed by atoms with van der Waals surface area (Å²) < 4.78 is 5.21. The molecule has 0 bridgehead atoms. The summed E-state index contributed by atoms with van der Waals surface area (Å²) in [5.41, 5.74) is 6.84. The van der Waals surface area contributed by atoms with Crippen molar-refractivity contribution in [3.8, 4) is 0 Å². The lowest BCUT2D eigenvalue weighted by molar-refractivity contribution is 0.162. The van der Waals surface area contributed by atoms with Gasteiger partial charge in [-0.3, -0.25) is 0 Å². The average Bonchev–Trinajstić information content (AvgIpc) is 2.48. The molecule has 0 saturated heterocycles. The summed E-state index contributed by atoms with van der Waals surface area (Å²) >= 11 is 0. The number of nitrogens with zero attached hydrogens (tertiary/aromatic N) is 1. The maximum absolute atomic E-state index is 8.95. The summed E-state index contributed by atoms with van der Waals surface area (Å²) in [5.74, 6) is 0.0776. The summed E-state index contributed by atoms with van der Waals surface area (Å²) in [7, 11) is 1.70. The quantitative estimate of drug-likeness (QED) is 0.279. The van der Waals surface area contributed by atoms with Crippen molar-refractivity contribution in [2.24, 2.45) is 10.9 Å². The number of benzene rings is 1. The highest BCUT2D eigenvalue weighted by Crippen LogP contribution is 2.15. The fourth-order valence-electron chi connectivity index (χ4n) is 2.23. The summed E-state index contributed by atoms with van der Waals surface area (Å²) in [6.45, 7) is 3.42. The topological polar surface area (TPSA) is 79.9 Å². The molecular formula is C15H25N3O2. The fourth-order valence-corrected chi connectivity index (χ4v) is 2.23. The predicted octanol–water partition coefficient (Wildman–Crippen LogP) is 1.92. The van der Waals surface area contributed by atoms with Gasteiger partial charge in [-0.2, -0.15) is 0 Å². The Hall–Kier alpha value is -1.59. The van der Waals surface area contributed by atoms with Gasteiger partial charge in [0.15, 0.2) is 0 Å². The number of nitrogens with one attached hydrogen (secondary N) is 1. The highest BCUT2D eigenvalue weighted by atomic mass is 16.5. The van der Waals surface area contributed by atoms with Crippen molar-refractivity contribution in [1.29, 1.82) is 0 Å². The van der Waals surface area contributed by atoms with E-state index in [0.29, 0.717) is 13.2 Å². The molecule has 0 radical (unpaired) electrons. The molecule has 1 aromatic rings. The molecule has 0 fully saturated rings. The van der Waals surface area contributed by atoms with E-state index in [2.05, 4.69) is 17.4 Å². The summed E-state index contributed by atoms with van der Waals surface area (Å²) in [4.78, 5) is 0. The number of hydrogen-bond acceptors (Lipinski definition) is 4. The Morgan fingerprint density at radius 3 is 2.65 bits per heavy atom. The summed E-state index contributed by atoms with van der Waals surface area (Å²) in [6, 6.07) is 10.1. The van der Waals surface area contributed by atoms with Crippen LogP contribution in [-0.4, -0.2) is 37.3 Å². The molecule has 5 nitrogen and oxygen atoms in total. The molecule has 0 aromatic heterocycles. The van der Waals surface area contributed by atoms with Crippen molar-refractivity contribution in [1.82, 2.24) is 5.32 Å². The second-order valence-corrected chi connectivity index (χ2v) is 4.84. The minimum absolute atomic E-state index is 0.141. The number of hydrogen-bond donors (Lipinski definition) is 3. The maximum atomic E-state index is 8.95. The zero-order valence-corrected chi connectivity index (χ0v) is 12.2. The minimum atomic E-state index is -0.141. The van der Waals surface area contributed by atoms with E-state index in [1.54, 1.807) is 7.11 Å². The lowest BCUT2D eigenvalue weighted by Crippen LogP contribution is -2.39. The molecule has 1 aromatic carbocycles. The first-order valence-corrected chi connectivity index (χ1v) is 6.97. The van der Waals surface area contributed by atoms with Crippen LogP contribution in [0.5, 0.6) is 0 Å². The molecule has 2 atom stereocenters. The molecule has 5 heteroatoms. The largest absolute Gasteiger partial charge is 0.409 e. The molecule has 0 amide bonds. The second-order valence-electron chi connectivity index (χ2n) is 4.84. The molecule has 112 valence electrons. The van der Waals surface area contributed by atoms with E-state index in [9.17, 15) is 0 Å². The van der Waals surface area contributed by atoms with Crippen LogP contribution in [0.2, 0.25) is 0 Å². The summed E-state index contributed by atoms with van der Waals surface area (Å²) in [5, 5.41) is 15.5. The third-order valence-corrected chi connectivity index (χ3v) is 3.29. The third-order valence-electron chi connectivity index (χ3n) is 3.29. The number of ether oxygens (including phenoxy) is 1. The zero-order chi connectivity index (χ0) is 14.8. The Balaban J connectivity index is 2.71. The SMILES string of the molecule is CCCC(COC)NCC(C(N)=NO)c1ccccc1. The monoisotopic (exact) mass is 279 g/mol. The van der Waals surface area contributed by atoms with Gasteiger partial charge in [-0.05, 0) is 12.0 Å². The van der Waals surface area contributed by atoms with Gasteiger partial charge in [0, 0.05) is 19.7 Å². The highest BCUT2D eigenvalue weighted by Gasteiger charge is 2.18. The van der Waals surface area contributed by atoms with Crippen LogP contribution in [0, 0.1) is 0 Å². The normalized spacial score (nSPS) is 15.0. The number of amidine groups is 1. The van der Waals surface area contributed by atoms with Crippen LogP contribution in [0.25, 0.3) is 0 Å². The van der Waals surface area contributed by atoms with Gasteiger partial charge in [0.05, 0.1) is 12.5 Å². The number of rotatable bonds is 9. The molecule has 20 heavy (non-hydrogen) atoms. The number of methoxy groups -OCH3 is 1. The molecule has 2 unspecified atom stereocenters. The molecular weight excluding hydrogens is 254 g/mol. The lowest BCUT2D eigenvalue weighted by atomic mass is 9.97. The van der Waals surface area contributed by atoms with Crippen LogP contribution in [0.1, 0.15) is 31.2 Å². The van der Waals surface area contributed by atoms with Gasteiger partial charge >= 0.3 is 0 Å². The third kappa shape index (κ3) is 5.19. The molecule has 0 aliphatic heterocycles. The van der Waals surface area contributed by atoms with E-state index >= 15 is 0 Å². The average molecular weight is 279 g/mol. The second kappa shape index (κ2) is 9.34. The van der Waals surface area contributed by atoms with Crippen LogP contribution in [0.4, 0.5) is 0 Å². The smallest absolute Gasteiger partial charge is 0.147 e. The molecule has 4 N–H and O–H groups in total. The van der Waals surface area contributed by atoms with E-state index in [-0.39, 0.29) is 17.8 Å². The standard InChI is InChI=1S/C15H25N3O2/c1-3-7-13(11-20-2)17-10-14(15(16)18-19)12-8-5-4-6-9-12/h4-6,8-9,13-14,17,19H,3,7,10-11H2,1-2H3,(H2,16,18). The lowest BCUT2D eigenvalue weighted by Gasteiger charge is -2.22. The Labute approximate surface area is 120 Å². The van der Waals surface area contributed by atoms with Gasteiger partial charge in [-0.25, -0.2) is 0 Å². The van der Waals surface area contributed by atoms with Gasteiger partial charge in [-0.1, -0.05) is 48.8 Å². The van der Waals surface area contributed by atoms with E-state index in [1.165, 1.54) is 0 Å². The Morgan fingerprint density at radius 1 is 1.40 bits per heavy atom. The zero-order valence-electron chi connectivity index (χ0n) is 12.2. The van der Waals surface area contributed by atoms with E-state index in [0.717, 1.165) is 18.4 Å². The minimum Gasteiger partial charge on any atom is -0.409 e. The van der Waals surface area contributed by atoms with Crippen molar-refractivity contribution in [2.45, 2.75) is 31.7 Å². The van der Waals surface area contributed by atoms with Gasteiger partial charge < -0.3 is 21.0 Å². The van der Waals surface area contributed by atoms with Crippen molar-refractivity contribution >= 4 is 5.84 Å². The van der Waals surface area contributed by atoms with Crippen LogP contribution in [0.3, 0.4) is 0 Å². The van der Waals surface area contributed by atoms with Crippen molar-refractivity contribution in [3.63, 3.8) is 0 Å². The molecule has 0 saturated carbocycles. The van der Waals surface area contributed by atoms with E-state index < -0.39 is 0 Å². The van der Waals surface area contributed by atoms with Gasteiger partial charge in [0.2, 0.25) is 0 Å². The first-order valence-electron chi connectivity index (χ1n) is 6.97. The van der Waals surface area contributed by atoms with Gasteiger partial charge in [0.1, 0.15) is 5.84 Å².